The summed E-state index contributed by atoms with van der Waals surface area (Å²) in [5, 5.41) is 14.1. The summed E-state index contributed by atoms with van der Waals surface area (Å²) < 4.78 is 9.56. The second kappa shape index (κ2) is 10.0. The third-order valence-electron chi connectivity index (χ3n) is 2.01. The van der Waals surface area contributed by atoms with Crippen LogP contribution in [0.5, 0.6) is 0 Å². The molecule has 100 valence electrons. The van der Waals surface area contributed by atoms with E-state index in [9.17, 15) is 9.59 Å². The van der Waals surface area contributed by atoms with Gasteiger partial charge in [-0.15, -0.1) is 0 Å². The largest absolute Gasteiger partial charge is 0.480 e. The Morgan fingerprint density at radius 1 is 1.24 bits per heavy atom. The fraction of sp³-hybridized carbons (Fsp3) is 0.800. The van der Waals surface area contributed by atoms with Gasteiger partial charge in [-0.05, 0) is 0 Å². The zero-order valence-electron chi connectivity index (χ0n) is 10.2. The molecule has 17 heavy (non-hydrogen) atoms. The molecule has 0 radical (unpaired) electrons. The molecule has 0 fully saturated rings. The first kappa shape index (κ1) is 15.8. The Kier molecular flexibility index (Phi) is 9.31. The number of ether oxygens (including phenoxy) is 2. The first-order chi connectivity index (χ1) is 8.11. The van der Waals surface area contributed by atoms with Crippen molar-refractivity contribution < 1.29 is 24.2 Å². The summed E-state index contributed by atoms with van der Waals surface area (Å²) in [4.78, 5) is 22.2. The van der Waals surface area contributed by atoms with E-state index in [1.807, 2.05) is 0 Å². The molecule has 0 spiro atoms. The highest BCUT2D eigenvalue weighted by atomic mass is 16.5. The minimum Gasteiger partial charge on any atom is -0.480 e. The molecule has 0 aliphatic heterocycles. The van der Waals surface area contributed by atoms with Gasteiger partial charge in [0.2, 0.25) is 5.91 Å². The first-order valence-corrected chi connectivity index (χ1v) is 5.32. The quantitative estimate of drug-likeness (QED) is 0.421. The average molecular weight is 248 g/mol. The maximum Gasteiger partial charge on any atom is 0.326 e. The summed E-state index contributed by atoms with van der Waals surface area (Å²) in [7, 11) is 3.04. The highest BCUT2D eigenvalue weighted by Gasteiger charge is 2.18. The third-order valence-corrected chi connectivity index (χ3v) is 2.01. The van der Waals surface area contributed by atoms with E-state index in [4.69, 9.17) is 14.6 Å². The van der Waals surface area contributed by atoms with Gasteiger partial charge in [-0.25, -0.2) is 4.79 Å². The van der Waals surface area contributed by atoms with Crippen LogP contribution in [0.25, 0.3) is 0 Å². The van der Waals surface area contributed by atoms with E-state index in [0.29, 0.717) is 13.2 Å². The van der Waals surface area contributed by atoms with Gasteiger partial charge in [0.15, 0.2) is 0 Å². The van der Waals surface area contributed by atoms with Gasteiger partial charge in [0.1, 0.15) is 6.04 Å². The molecule has 7 nitrogen and oxygen atoms in total. The van der Waals surface area contributed by atoms with Crippen LogP contribution in [0.2, 0.25) is 0 Å². The Morgan fingerprint density at radius 3 is 2.41 bits per heavy atom. The molecular weight excluding hydrogens is 228 g/mol. The molecule has 7 heteroatoms. The zero-order chi connectivity index (χ0) is 13.1. The Labute approximate surface area is 100 Å². The lowest BCUT2D eigenvalue weighted by Crippen LogP contribution is -2.45. The molecule has 1 amide bonds. The molecule has 0 aromatic carbocycles. The maximum atomic E-state index is 11.4. The molecule has 1 unspecified atom stereocenters. The second-order valence-corrected chi connectivity index (χ2v) is 3.41. The topological polar surface area (TPSA) is 96.9 Å². The summed E-state index contributed by atoms with van der Waals surface area (Å²) in [6.45, 7) is 1.40. The molecule has 0 aromatic heterocycles. The van der Waals surface area contributed by atoms with Gasteiger partial charge in [0, 0.05) is 33.8 Å². The van der Waals surface area contributed by atoms with Gasteiger partial charge < -0.3 is 25.2 Å². The van der Waals surface area contributed by atoms with E-state index in [2.05, 4.69) is 10.6 Å². The number of rotatable bonds is 10. The predicted molar refractivity (Wildman–Crippen MR) is 60.8 cm³/mol. The highest BCUT2D eigenvalue weighted by Crippen LogP contribution is 1.92. The Morgan fingerprint density at radius 2 is 1.88 bits per heavy atom. The van der Waals surface area contributed by atoms with Gasteiger partial charge in [-0.1, -0.05) is 0 Å². The lowest BCUT2D eigenvalue weighted by Gasteiger charge is -2.14. The van der Waals surface area contributed by atoms with E-state index >= 15 is 0 Å². The molecule has 0 aromatic rings. The van der Waals surface area contributed by atoms with Crippen LogP contribution in [0.1, 0.15) is 6.42 Å². The second-order valence-electron chi connectivity index (χ2n) is 3.41. The summed E-state index contributed by atoms with van der Waals surface area (Å²) in [5.41, 5.74) is 0. The number of carboxylic acids is 1. The number of aliphatic carboxylic acids is 1. The SMILES string of the molecule is COCCNCC(=O)NC(CCOC)C(=O)O. The predicted octanol–water partition coefficient (Wildman–Crippen LogP) is -1.17. The molecule has 3 N–H and O–H groups in total. The monoisotopic (exact) mass is 248 g/mol. The van der Waals surface area contributed by atoms with E-state index in [1.165, 1.54) is 7.11 Å². The highest BCUT2D eigenvalue weighted by molar-refractivity contribution is 5.84. The molecule has 0 rings (SSSR count). The van der Waals surface area contributed by atoms with Crippen molar-refractivity contribution in [2.75, 3.05) is 40.5 Å². The van der Waals surface area contributed by atoms with Crippen LogP contribution >= 0.6 is 0 Å². The van der Waals surface area contributed by atoms with Crippen molar-refractivity contribution in [2.24, 2.45) is 0 Å². The number of nitrogens with one attached hydrogen (secondary N) is 2. The number of carbonyl (C=O) groups is 2. The number of methoxy groups -OCH3 is 2. The van der Waals surface area contributed by atoms with Gasteiger partial charge in [-0.3, -0.25) is 4.79 Å². The fourth-order valence-electron chi connectivity index (χ4n) is 1.11. The van der Waals surface area contributed by atoms with Crippen molar-refractivity contribution in [3.8, 4) is 0 Å². The summed E-state index contributed by atoms with van der Waals surface area (Å²) in [6, 6.07) is -0.910. The van der Waals surface area contributed by atoms with Gasteiger partial charge in [0.05, 0.1) is 13.2 Å². The van der Waals surface area contributed by atoms with Crippen LogP contribution in [0.15, 0.2) is 0 Å². The van der Waals surface area contributed by atoms with Crippen molar-refractivity contribution in [3.63, 3.8) is 0 Å². The molecule has 0 aliphatic carbocycles. The number of hydrogen-bond donors (Lipinski definition) is 3. The summed E-state index contributed by atoms with van der Waals surface area (Å²) >= 11 is 0. The molecule has 0 aliphatic rings. The standard InChI is InChI=1S/C10H20N2O5/c1-16-5-3-8(10(14)15)12-9(13)7-11-4-6-17-2/h8,11H,3-7H2,1-2H3,(H,12,13)(H,14,15). The molecule has 0 saturated carbocycles. The Bertz CT molecular complexity index is 235. The number of carboxylic acid groups (broad SMARTS) is 1. The van der Waals surface area contributed by atoms with E-state index in [1.54, 1.807) is 7.11 Å². The van der Waals surface area contributed by atoms with Crippen molar-refractivity contribution in [1.29, 1.82) is 0 Å². The van der Waals surface area contributed by atoms with Crippen LogP contribution in [-0.4, -0.2) is 63.5 Å². The lowest BCUT2D eigenvalue weighted by molar-refractivity contribution is -0.142. The van der Waals surface area contributed by atoms with Crippen molar-refractivity contribution in [1.82, 2.24) is 10.6 Å². The van der Waals surface area contributed by atoms with Crippen LogP contribution in [0.3, 0.4) is 0 Å². The number of carbonyl (C=O) groups excluding carboxylic acids is 1. The van der Waals surface area contributed by atoms with Crippen LogP contribution < -0.4 is 10.6 Å². The summed E-state index contributed by atoms with van der Waals surface area (Å²) in [5.74, 6) is -1.42. The van der Waals surface area contributed by atoms with Crippen LogP contribution in [-0.2, 0) is 19.1 Å². The minimum atomic E-state index is -1.06. The Balaban J connectivity index is 3.83. The summed E-state index contributed by atoms with van der Waals surface area (Å²) in [6.07, 6.45) is 0.246. The molecular formula is C10H20N2O5. The zero-order valence-corrected chi connectivity index (χ0v) is 10.2. The number of hydrogen-bond acceptors (Lipinski definition) is 5. The first-order valence-electron chi connectivity index (χ1n) is 5.32. The number of amides is 1. The maximum absolute atomic E-state index is 11.4. The van der Waals surface area contributed by atoms with Crippen molar-refractivity contribution >= 4 is 11.9 Å². The van der Waals surface area contributed by atoms with E-state index < -0.39 is 12.0 Å². The smallest absolute Gasteiger partial charge is 0.326 e. The third kappa shape index (κ3) is 8.61. The average Bonchev–Trinajstić information content (AvgIpc) is 2.29. The van der Waals surface area contributed by atoms with Gasteiger partial charge >= 0.3 is 5.97 Å². The molecule has 0 heterocycles. The van der Waals surface area contributed by atoms with E-state index in [-0.39, 0.29) is 25.5 Å². The molecule has 0 saturated heterocycles. The minimum absolute atomic E-state index is 0.0696. The van der Waals surface area contributed by atoms with Crippen molar-refractivity contribution in [3.05, 3.63) is 0 Å². The van der Waals surface area contributed by atoms with E-state index in [0.717, 1.165) is 0 Å². The van der Waals surface area contributed by atoms with Crippen LogP contribution in [0, 0.1) is 0 Å². The molecule has 1 atom stereocenters. The van der Waals surface area contributed by atoms with Crippen LogP contribution in [0.4, 0.5) is 0 Å². The normalized spacial score (nSPS) is 12.1. The molecule has 0 bridgehead atoms. The lowest BCUT2D eigenvalue weighted by atomic mass is 10.2. The van der Waals surface area contributed by atoms with Gasteiger partial charge in [-0.2, -0.15) is 0 Å². The van der Waals surface area contributed by atoms with Crippen molar-refractivity contribution in [2.45, 2.75) is 12.5 Å². The Hall–Kier alpha value is -1.18. The van der Waals surface area contributed by atoms with Gasteiger partial charge in [0.25, 0.3) is 0 Å². The fourth-order valence-corrected chi connectivity index (χ4v) is 1.11.